The van der Waals surface area contributed by atoms with Crippen molar-refractivity contribution in [1.29, 1.82) is 0 Å². The lowest BCUT2D eigenvalue weighted by molar-refractivity contribution is 0.0940. The summed E-state index contributed by atoms with van der Waals surface area (Å²) in [7, 11) is 0. The maximum absolute atomic E-state index is 12.6. The van der Waals surface area contributed by atoms with Crippen LogP contribution in [0.15, 0.2) is 59.9 Å². The van der Waals surface area contributed by atoms with E-state index >= 15 is 0 Å². The Balaban J connectivity index is 1.93. The van der Waals surface area contributed by atoms with Gasteiger partial charge < -0.3 is 10.3 Å². The van der Waals surface area contributed by atoms with Gasteiger partial charge in [-0.3, -0.25) is 14.2 Å². The Morgan fingerprint density at radius 3 is 2.81 bits per heavy atom. The van der Waals surface area contributed by atoms with Gasteiger partial charge in [0, 0.05) is 17.1 Å². The second-order valence-electron chi connectivity index (χ2n) is 6.11. The largest absolute Gasteiger partial charge is 0.345 e. The summed E-state index contributed by atoms with van der Waals surface area (Å²) in [4.78, 5) is 28.2. The number of benzene rings is 2. The van der Waals surface area contributed by atoms with Crippen LogP contribution in [0.2, 0.25) is 5.02 Å². The Hall–Kier alpha value is -2.70. The molecular weight excluding hydrogens is 382 g/mol. The van der Waals surface area contributed by atoms with E-state index < -0.39 is 0 Å². The Morgan fingerprint density at radius 1 is 1.37 bits per heavy atom. The Labute approximate surface area is 166 Å². The van der Waals surface area contributed by atoms with Gasteiger partial charge in [-0.05, 0) is 49.0 Å². The number of H-pyrrole nitrogens is 1. The first-order valence-corrected chi connectivity index (χ1v) is 9.14. The van der Waals surface area contributed by atoms with E-state index in [0.29, 0.717) is 28.0 Å². The lowest BCUT2D eigenvalue weighted by Crippen LogP contribution is -2.27. The van der Waals surface area contributed by atoms with Crippen molar-refractivity contribution in [3.63, 3.8) is 0 Å². The van der Waals surface area contributed by atoms with Gasteiger partial charge in [-0.25, -0.2) is 0 Å². The fourth-order valence-corrected chi connectivity index (χ4v) is 3.44. The molecule has 0 aliphatic rings. The van der Waals surface area contributed by atoms with E-state index in [2.05, 4.69) is 16.9 Å². The minimum absolute atomic E-state index is 0.218. The monoisotopic (exact) mass is 399 g/mol. The number of allylic oxidation sites excluding steroid dienone is 1. The summed E-state index contributed by atoms with van der Waals surface area (Å²) in [5.41, 5.74) is 1.56. The number of rotatable bonds is 5. The third-order valence-electron chi connectivity index (χ3n) is 4.28. The molecule has 0 aliphatic heterocycles. The molecule has 0 radical (unpaired) electrons. The average Bonchev–Trinajstić information content (AvgIpc) is 2.65. The van der Waals surface area contributed by atoms with Gasteiger partial charge in [0.2, 0.25) is 0 Å². The molecule has 138 valence electrons. The first kappa shape index (κ1) is 19.1. The number of aromatic nitrogens is 2. The first-order chi connectivity index (χ1) is 12.9. The van der Waals surface area contributed by atoms with E-state index in [9.17, 15) is 9.59 Å². The van der Waals surface area contributed by atoms with Crippen molar-refractivity contribution in [2.24, 2.45) is 0 Å². The first-order valence-electron chi connectivity index (χ1n) is 8.35. The highest BCUT2D eigenvalue weighted by Crippen LogP contribution is 2.22. The lowest BCUT2D eigenvalue weighted by Gasteiger charge is -2.16. The molecule has 3 rings (SSSR count). The molecule has 2 N–H and O–H groups in total. The zero-order chi connectivity index (χ0) is 19.6. The molecule has 3 aromatic rings. The minimum Gasteiger partial charge on any atom is -0.345 e. The van der Waals surface area contributed by atoms with Crippen molar-refractivity contribution in [2.45, 2.75) is 19.5 Å². The number of aromatic amines is 1. The number of hydrogen-bond donors (Lipinski definition) is 2. The van der Waals surface area contributed by atoms with Gasteiger partial charge in [-0.2, -0.15) is 0 Å². The Morgan fingerprint density at radius 2 is 2.11 bits per heavy atom. The molecule has 0 saturated carbocycles. The van der Waals surface area contributed by atoms with Crippen LogP contribution in [-0.2, 0) is 6.54 Å². The van der Waals surface area contributed by atoms with Crippen LogP contribution in [0.25, 0.3) is 10.9 Å². The number of fused-ring (bicyclic) bond motifs is 1. The van der Waals surface area contributed by atoms with Gasteiger partial charge in [0.15, 0.2) is 4.77 Å². The van der Waals surface area contributed by atoms with Gasteiger partial charge in [0.05, 0.1) is 16.9 Å². The zero-order valence-corrected chi connectivity index (χ0v) is 16.2. The summed E-state index contributed by atoms with van der Waals surface area (Å²) in [6, 6.07) is 12.0. The maximum Gasteiger partial charge on any atom is 0.262 e. The molecule has 1 aromatic heterocycles. The third kappa shape index (κ3) is 3.86. The summed E-state index contributed by atoms with van der Waals surface area (Å²) in [6.45, 7) is 5.82. The van der Waals surface area contributed by atoms with E-state index in [1.165, 1.54) is 4.57 Å². The zero-order valence-electron chi connectivity index (χ0n) is 14.7. The molecule has 1 unspecified atom stereocenters. The van der Waals surface area contributed by atoms with Crippen molar-refractivity contribution < 1.29 is 4.79 Å². The van der Waals surface area contributed by atoms with E-state index in [-0.39, 0.29) is 22.3 Å². The number of carbonyl (C=O) groups excluding carboxylic acids is 1. The molecule has 1 heterocycles. The van der Waals surface area contributed by atoms with Crippen molar-refractivity contribution in [2.75, 3.05) is 0 Å². The molecule has 27 heavy (non-hydrogen) atoms. The van der Waals surface area contributed by atoms with Gasteiger partial charge in [0.1, 0.15) is 0 Å². The molecule has 0 bridgehead atoms. The van der Waals surface area contributed by atoms with E-state index in [4.69, 9.17) is 23.8 Å². The fourth-order valence-electron chi connectivity index (χ4n) is 2.87. The van der Waals surface area contributed by atoms with Crippen LogP contribution in [0.3, 0.4) is 0 Å². The van der Waals surface area contributed by atoms with Crippen molar-refractivity contribution in [3.05, 3.63) is 86.4 Å². The van der Waals surface area contributed by atoms with Gasteiger partial charge in [-0.1, -0.05) is 35.9 Å². The molecule has 0 spiro atoms. The molecule has 7 heteroatoms. The second kappa shape index (κ2) is 7.90. The van der Waals surface area contributed by atoms with Crippen LogP contribution in [0.1, 0.15) is 28.9 Å². The Bertz CT molecular complexity index is 1150. The van der Waals surface area contributed by atoms with Crippen LogP contribution in [0.4, 0.5) is 0 Å². The highest BCUT2D eigenvalue weighted by Gasteiger charge is 2.15. The smallest absolute Gasteiger partial charge is 0.262 e. The average molecular weight is 400 g/mol. The van der Waals surface area contributed by atoms with Gasteiger partial charge >= 0.3 is 0 Å². The minimum atomic E-state index is -0.265. The summed E-state index contributed by atoms with van der Waals surface area (Å²) in [6.07, 6.45) is 1.61. The van der Waals surface area contributed by atoms with E-state index in [1.54, 1.807) is 30.3 Å². The van der Waals surface area contributed by atoms with Crippen LogP contribution in [0.5, 0.6) is 0 Å². The molecule has 1 amide bonds. The number of nitrogens with one attached hydrogen (secondary N) is 2. The van der Waals surface area contributed by atoms with Crippen LogP contribution in [0, 0.1) is 4.77 Å². The van der Waals surface area contributed by atoms with Gasteiger partial charge in [-0.15, -0.1) is 6.58 Å². The van der Waals surface area contributed by atoms with Crippen molar-refractivity contribution in [1.82, 2.24) is 14.9 Å². The quantitative estimate of drug-likeness (QED) is 0.494. The fraction of sp³-hybridized carbons (Fsp3) is 0.150. The molecular formula is C20H18ClN3O2S. The number of hydrogen-bond acceptors (Lipinski definition) is 3. The van der Waals surface area contributed by atoms with Crippen molar-refractivity contribution >= 4 is 40.6 Å². The summed E-state index contributed by atoms with van der Waals surface area (Å²) < 4.78 is 1.71. The summed E-state index contributed by atoms with van der Waals surface area (Å²) in [5.74, 6) is -0.265. The third-order valence-corrected chi connectivity index (χ3v) is 4.94. The number of amides is 1. The highest BCUT2D eigenvalue weighted by atomic mass is 35.5. The van der Waals surface area contributed by atoms with E-state index in [0.717, 1.165) is 5.56 Å². The lowest BCUT2D eigenvalue weighted by atomic mass is 10.1. The molecule has 0 fully saturated rings. The van der Waals surface area contributed by atoms with Gasteiger partial charge in [0.25, 0.3) is 11.5 Å². The summed E-state index contributed by atoms with van der Waals surface area (Å²) >= 11 is 11.4. The highest BCUT2D eigenvalue weighted by molar-refractivity contribution is 7.71. The molecule has 5 nitrogen and oxygen atoms in total. The second-order valence-corrected chi connectivity index (χ2v) is 6.91. The maximum atomic E-state index is 12.6. The predicted octanol–water partition coefficient (Wildman–Crippen LogP) is 4.39. The number of halogens is 1. The molecule has 0 aliphatic carbocycles. The van der Waals surface area contributed by atoms with E-state index in [1.807, 2.05) is 25.1 Å². The number of nitrogens with zero attached hydrogens (tertiary/aromatic N) is 1. The van der Waals surface area contributed by atoms with Crippen LogP contribution < -0.4 is 10.9 Å². The number of carbonyl (C=O) groups is 1. The molecule has 0 saturated heterocycles. The van der Waals surface area contributed by atoms with Crippen molar-refractivity contribution in [3.8, 4) is 0 Å². The SMILES string of the molecule is C=CCn1c(=S)[nH]c2cc(C(=O)NC(C)c3ccccc3Cl)ccc2c1=O. The topological polar surface area (TPSA) is 66.9 Å². The Kier molecular flexibility index (Phi) is 5.58. The normalized spacial score (nSPS) is 11.9. The van der Waals surface area contributed by atoms with Crippen LogP contribution >= 0.6 is 23.8 Å². The summed E-state index contributed by atoms with van der Waals surface area (Å²) in [5, 5.41) is 3.97. The predicted molar refractivity (Wildman–Crippen MR) is 111 cm³/mol. The molecule has 2 aromatic carbocycles. The molecule has 1 atom stereocenters. The standard InChI is InChI=1S/C20H18ClN3O2S/c1-3-10-24-19(26)15-9-8-13(11-17(15)23-20(24)27)18(25)22-12(2)14-6-4-5-7-16(14)21/h3-9,11-12H,1,10H2,2H3,(H,22,25)(H,23,27). The van der Waals surface area contributed by atoms with Crippen LogP contribution in [-0.4, -0.2) is 15.5 Å².